The monoisotopic (exact) mass is 219 g/mol. The predicted octanol–water partition coefficient (Wildman–Crippen LogP) is 2.84. The van der Waals surface area contributed by atoms with Gasteiger partial charge < -0.3 is 10.1 Å². The predicted molar refractivity (Wildman–Crippen MR) is 69.3 cm³/mol. The van der Waals surface area contributed by atoms with Crippen LogP contribution in [0.5, 0.6) is 0 Å². The molecule has 0 saturated carbocycles. The number of ether oxygens (including phenoxy) is 1. The Morgan fingerprint density at radius 3 is 2.88 bits per heavy atom. The lowest BCUT2D eigenvalue weighted by molar-refractivity contribution is 0.185. The lowest BCUT2D eigenvalue weighted by Crippen LogP contribution is -2.22. The summed E-state index contributed by atoms with van der Waals surface area (Å²) in [4.78, 5) is 0. The molecule has 0 aromatic heterocycles. The molecule has 0 heterocycles. The topological polar surface area (TPSA) is 21.3 Å². The molecular formula is C14H21NO. The zero-order valence-corrected chi connectivity index (χ0v) is 10.4. The lowest BCUT2D eigenvalue weighted by Gasteiger charge is -2.04. The molecule has 0 saturated heterocycles. The Morgan fingerprint density at radius 2 is 2.19 bits per heavy atom. The summed E-state index contributed by atoms with van der Waals surface area (Å²) >= 11 is 0. The third-order valence-corrected chi connectivity index (χ3v) is 2.22. The maximum absolute atomic E-state index is 5.10. The quantitative estimate of drug-likeness (QED) is 0.794. The van der Waals surface area contributed by atoms with Gasteiger partial charge in [0.05, 0.1) is 6.61 Å². The van der Waals surface area contributed by atoms with Crippen molar-refractivity contribution in [1.82, 2.24) is 5.32 Å². The zero-order chi connectivity index (χ0) is 11.8. The number of nitrogens with one attached hydrogen (secondary N) is 1. The maximum Gasteiger partial charge on any atom is 0.0713 e. The van der Waals surface area contributed by atoms with Gasteiger partial charge in [0, 0.05) is 19.7 Å². The van der Waals surface area contributed by atoms with Gasteiger partial charge in [-0.05, 0) is 17.2 Å². The van der Waals surface area contributed by atoms with Crippen LogP contribution in [0.25, 0.3) is 6.08 Å². The normalized spacial score (nSPS) is 11.5. The van der Waals surface area contributed by atoms with Crippen LogP contribution in [0.4, 0.5) is 0 Å². The minimum Gasteiger partial charge on any atom is -0.380 e. The summed E-state index contributed by atoms with van der Waals surface area (Å²) in [5.74, 6) is 0. The van der Waals surface area contributed by atoms with E-state index >= 15 is 0 Å². The number of benzene rings is 1. The van der Waals surface area contributed by atoms with Crippen molar-refractivity contribution in [3.63, 3.8) is 0 Å². The van der Waals surface area contributed by atoms with Gasteiger partial charge in [-0.1, -0.05) is 44.2 Å². The van der Waals surface area contributed by atoms with Crippen molar-refractivity contribution in [3.8, 4) is 0 Å². The van der Waals surface area contributed by atoms with E-state index in [-0.39, 0.29) is 0 Å². The summed E-state index contributed by atoms with van der Waals surface area (Å²) in [7, 11) is 1.72. The smallest absolute Gasteiger partial charge is 0.0713 e. The highest BCUT2D eigenvalue weighted by Crippen LogP contribution is 2.07. The van der Waals surface area contributed by atoms with E-state index in [1.165, 1.54) is 11.1 Å². The first kappa shape index (κ1) is 12.9. The SMILES string of the molecule is COCc1cccc(C=CCNC(C)C)c1. The molecule has 0 radical (unpaired) electrons. The second-order valence-corrected chi connectivity index (χ2v) is 4.14. The van der Waals surface area contributed by atoms with E-state index in [2.05, 4.69) is 55.6 Å². The van der Waals surface area contributed by atoms with Crippen LogP contribution in [0, 0.1) is 0 Å². The molecule has 1 N–H and O–H groups in total. The summed E-state index contributed by atoms with van der Waals surface area (Å²) in [6, 6.07) is 8.92. The van der Waals surface area contributed by atoms with E-state index in [0.717, 1.165) is 6.54 Å². The third kappa shape index (κ3) is 5.10. The molecule has 16 heavy (non-hydrogen) atoms. The molecule has 0 aliphatic heterocycles. The number of hydrogen-bond acceptors (Lipinski definition) is 2. The van der Waals surface area contributed by atoms with Gasteiger partial charge in [-0.25, -0.2) is 0 Å². The van der Waals surface area contributed by atoms with Gasteiger partial charge in [0.25, 0.3) is 0 Å². The molecule has 0 aliphatic carbocycles. The van der Waals surface area contributed by atoms with Crippen LogP contribution in [0.3, 0.4) is 0 Å². The second-order valence-electron chi connectivity index (χ2n) is 4.14. The Hall–Kier alpha value is -1.12. The van der Waals surface area contributed by atoms with Crippen molar-refractivity contribution in [2.45, 2.75) is 26.5 Å². The van der Waals surface area contributed by atoms with Crippen LogP contribution < -0.4 is 5.32 Å². The molecule has 0 amide bonds. The maximum atomic E-state index is 5.10. The van der Waals surface area contributed by atoms with Crippen molar-refractivity contribution in [2.75, 3.05) is 13.7 Å². The van der Waals surface area contributed by atoms with Crippen LogP contribution in [0.2, 0.25) is 0 Å². The third-order valence-electron chi connectivity index (χ3n) is 2.22. The fraction of sp³-hybridized carbons (Fsp3) is 0.429. The van der Waals surface area contributed by atoms with Crippen LogP contribution >= 0.6 is 0 Å². The largest absolute Gasteiger partial charge is 0.380 e. The zero-order valence-electron chi connectivity index (χ0n) is 10.4. The summed E-state index contributed by atoms with van der Waals surface area (Å²) < 4.78 is 5.10. The number of methoxy groups -OCH3 is 1. The average Bonchev–Trinajstić information content (AvgIpc) is 2.25. The van der Waals surface area contributed by atoms with Crippen molar-refractivity contribution in [2.24, 2.45) is 0 Å². The van der Waals surface area contributed by atoms with E-state index in [0.29, 0.717) is 12.6 Å². The summed E-state index contributed by atoms with van der Waals surface area (Å²) in [6.07, 6.45) is 4.28. The number of hydrogen-bond donors (Lipinski definition) is 1. The Kier molecular flexibility index (Phi) is 5.83. The highest BCUT2D eigenvalue weighted by atomic mass is 16.5. The first-order chi connectivity index (χ1) is 7.72. The Balaban J connectivity index is 2.49. The van der Waals surface area contributed by atoms with Crippen LogP contribution in [0.1, 0.15) is 25.0 Å². The molecule has 1 aromatic rings. The fourth-order valence-electron chi connectivity index (χ4n) is 1.45. The van der Waals surface area contributed by atoms with Crippen molar-refractivity contribution in [3.05, 3.63) is 41.5 Å². The van der Waals surface area contributed by atoms with Crippen LogP contribution in [-0.4, -0.2) is 19.7 Å². The minimum atomic E-state index is 0.532. The molecule has 88 valence electrons. The summed E-state index contributed by atoms with van der Waals surface area (Å²) in [5.41, 5.74) is 2.43. The Labute approximate surface area is 98.3 Å². The minimum absolute atomic E-state index is 0.532. The van der Waals surface area contributed by atoms with E-state index < -0.39 is 0 Å². The van der Waals surface area contributed by atoms with Gasteiger partial charge in [0.2, 0.25) is 0 Å². The standard InChI is InChI=1S/C14H21NO/c1-12(2)15-9-5-8-13-6-4-7-14(10-13)11-16-3/h4-8,10,12,15H,9,11H2,1-3H3. The van der Waals surface area contributed by atoms with Crippen molar-refractivity contribution < 1.29 is 4.74 Å². The molecule has 0 aliphatic rings. The van der Waals surface area contributed by atoms with Gasteiger partial charge in [0.1, 0.15) is 0 Å². The highest BCUT2D eigenvalue weighted by molar-refractivity contribution is 5.50. The molecule has 0 spiro atoms. The van der Waals surface area contributed by atoms with Gasteiger partial charge >= 0.3 is 0 Å². The second kappa shape index (κ2) is 7.20. The lowest BCUT2D eigenvalue weighted by atomic mass is 10.1. The van der Waals surface area contributed by atoms with Gasteiger partial charge in [-0.15, -0.1) is 0 Å². The van der Waals surface area contributed by atoms with Gasteiger partial charge in [-0.3, -0.25) is 0 Å². The fourth-order valence-corrected chi connectivity index (χ4v) is 1.45. The van der Waals surface area contributed by atoms with Crippen LogP contribution in [-0.2, 0) is 11.3 Å². The van der Waals surface area contributed by atoms with Crippen molar-refractivity contribution >= 4 is 6.08 Å². The van der Waals surface area contributed by atoms with Crippen LogP contribution in [0.15, 0.2) is 30.3 Å². The molecule has 1 rings (SSSR count). The van der Waals surface area contributed by atoms with Gasteiger partial charge in [-0.2, -0.15) is 0 Å². The summed E-state index contributed by atoms with van der Waals surface area (Å²) in [5, 5.41) is 3.34. The van der Waals surface area contributed by atoms with Gasteiger partial charge in [0.15, 0.2) is 0 Å². The highest BCUT2D eigenvalue weighted by Gasteiger charge is 1.92. The van der Waals surface area contributed by atoms with Crippen molar-refractivity contribution in [1.29, 1.82) is 0 Å². The first-order valence-electron chi connectivity index (χ1n) is 5.70. The Morgan fingerprint density at radius 1 is 1.38 bits per heavy atom. The molecule has 0 atom stereocenters. The van der Waals surface area contributed by atoms with E-state index in [1.807, 2.05) is 0 Å². The van der Waals surface area contributed by atoms with E-state index in [9.17, 15) is 0 Å². The molecule has 0 fully saturated rings. The number of rotatable bonds is 6. The average molecular weight is 219 g/mol. The molecule has 2 heteroatoms. The molecule has 0 unspecified atom stereocenters. The summed E-state index contributed by atoms with van der Waals surface area (Å²) in [6.45, 7) is 5.87. The Bertz CT molecular complexity index is 331. The van der Waals surface area contributed by atoms with E-state index in [4.69, 9.17) is 4.74 Å². The molecule has 0 bridgehead atoms. The molecule has 2 nitrogen and oxygen atoms in total. The molecule has 1 aromatic carbocycles. The first-order valence-corrected chi connectivity index (χ1v) is 5.70. The molecular weight excluding hydrogens is 198 g/mol. The van der Waals surface area contributed by atoms with E-state index in [1.54, 1.807) is 7.11 Å².